The third kappa shape index (κ3) is 4.32. The first-order valence-corrected chi connectivity index (χ1v) is 6.80. The molecule has 1 aromatic heterocycles. The number of alkyl halides is 4. The van der Waals surface area contributed by atoms with Crippen molar-refractivity contribution in [1.82, 2.24) is 10.2 Å². The number of aromatic nitrogens is 2. The van der Waals surface area contributed by atoms with Crippen LogP contribution in [0.4, 0.5) is 19.0 Å². The van der Waals surface area contributed by atoms with Crippen LogP contribution >= 0.6 is 11.6 Å². The molecule has 0 bridgehead atoms. The second-order valence-electron chi connectivity index (χ2n) is 4.37. The fourth-order valence-electron chi connectivity index (χ4n) is 1.83. The van der Waals surface area contributed by atoms with E-state index in [-0.39, 0.29) is 0 Å². The van der Waals surface area contributed by atoms with Gasteiger partial charge >= 0.3 is 6.18 Å². The SMILES string of the molecule is FC(F)(F)c1ccc(N(CCCl)Cc2ccccc2)nn1. The number of anilines is 1. The Morgan fingerprint density at radius 3 is 2.24 bits per heavy atom. The topological polar surface area (TPSA) is 29.0 Å². The van der Waals surface area contributed by atoms with Crippen LogP contribution in [-0.2, 0) is 12.7 Å². The van der Waals surface area contributed by atoms with Gasteiger partial charge in [-0.2, -0.15) is 13.2 Å². The van der Waals surface area contributed by atoms with Crippen LogP contribution in [0.2, 0.25) is 0 Å². The summed E-state index contributed by atoms with van der Waals surface area (Å²) in [4.78, 5) is 1.79. The first kappa shape index (κ1) is 15.6. The number of halogens is 4. The molecule has 0 amide bonds. The highest BCUT2D eigenvalue weighted by Gasteiger charge is 2.33. The molecule has 2 rings (SSSR count). The minimum absolute atomic E-state index is 0.343. The van der Waals surface area contributed by atoms with Gasteiger partial charge in [0.25, 0.3) is 0 Å². The zero-order chi connectivity index (χ0) is 15.3. The molecule has 21 heavy (non-hydrogen) atoms. The van der Waals surface area contributed by atoms with E-state index in [2.05, 4.69) is 10.2 Å². The minimum Gasteiger partial charge on any atom is -0.350 e. The normalized spacial score (nSPS) is 11.4. The third-order valence-electron chi connectivity index (χ3n) is 2.84. The number of hydrogen-bond acceptors (Lipinski definition) is 3. The summed E-state index contributed by atoms with van der Waals surface area (Å²) in [5.74, 6) is 0.711. The standard InChI is InChI=1S/C14H13ClF3N3/c15-8-9-21(10-11-4-2-1-3-5-11)13-7-6-12(19-20-13)14(16,17)18/h1-7H,8-10H2. The summed E-state index contributed by atoms with van der Waals surface area (Å²) in [6.07, 6.45) is -4.48. The van der Waals surface area contributed by atoms with Crippen LogP contribution in [0, 0.1) is 0 Å². The lowest BCUT2D eigenvalue weighted by molar-refractivity contribution is -0.141. The number of nitrogens with zero attached hydrogens (tertiary/aromatic N) is 3. The van der Waals surface area contributed by atoms with Gasteiger partial charge in [-0.1, -0.05) is 30.3 Å². The lowest BCUT2D eigenvalue weighted by Crippen LogP contribution is -2.26. The quantitative estimate of drug-likeness (QED) is 0.787. The Bertz CT molecular complexity index is 558. The molecule has 0 N–H and O–H groups in total. The van der Waals surface area contributed by atoms with Gasteiger partial charge in [-0.25, -0.2) is 0 Å². The van der Waals surface area contributed by atoms with Crippen LogP contribution in [-0.4, -0.2) is 22.6 Å². The monoisotopic (exact) mass is 315 g/mol. The van der Waals surface area contributed by atoms with Crippen molar-refractivity contribution in [3.63, 3.8) is 0 Å². The largest absolute Gasteiger partial charge is 0.435 e. The number of benzene rings is 1. The Kier molecular flexibility index (Phi) is 5.01. The fraction of sp³-hybridized carbons (Fsp3) is 0.286. The third-order valence-corrected chi connectivity index (χ3v) is 3.00. The van der Waals surface area contributed by atoms with Gasteiger partial charge < -0.3 is 4.90 Å². The highest BCUT2D eigenvalue weighted by atomic mass is 35.5. The van der Waals surface area contributed by atoms with Gasteiger partial charge in [0, 0.05) is 19.0 Å². The molecule has 0 unspecified atom stereocenters. The van der Waals surface area contributed by atoms with E-state index in [1.807, 2.05) is 30.3 Å². The predicted octanol–water partition coefficient (Wildman–Crippen LogP) is 3.74. The van der Waals surface area contributed by atoms with Crippen LogP contribution < -0.4 is 4.90 Å². The molecule has 0 radical (unpaired) electrons. The van der Waals surface area contributed by atoms with Crippen LogP contribution in [0.25, 0.3) is 0 Å². The molecule has 0 fully saturated rings. The summed E-state index contributed by atoms with van der Waals surface area (Å²) in [7, 11) is 0. The van der Waals surface area contributed by atoms with Crippen molar-refractivity contribution < 1.29 is 13.2 Å². The summed E-state index contributed by atoms with van der Waals surface area (Å²) in [5.41, 5.74) is 0.0149. The Balaban J connectivity index is 2.18. The number of rotatable bonds is 5. The van der Waals surface area contributed by atoms with Crippen LogP contribution in [0.3, 0.4) is 0 Å². The molecular formula is C14H13ClF3N3. The lowest BCUT2D eigenvalue weighted by Gasteiger charge is -2.22. The fourth-order valence-corrected chi connectivity index (χ4v) is 2.03. The second kappa shape index (κ2) is 6.76. The van der Waals surface area contributed by atoms with Gasteiger partial charge in [-0.05, 0) is 17.7 Å². The Labute approximate surface area is 125 Å². The van der Waals surface area contributed by atoms with Crippen molar-refractivity contribution in [3.8, 4) is 0 Å². The van der Waals surface area contributed by atoms with E-state index in [1.165, 1.54) is 6.07 Å². The molecule has 2 aromatic rings. The molecule has 0 aliphatic carbocycles. The van der Waals surface area contributed by atoms with Crippen molar-refractivity contribution in [2.24, 2.45) is 0 Å². The smallest absolute Gasteiger partial charge is 0.350 e. The molecular weight excluding hydrogens is 303 g/mol. The molecule has 7 heteroatoms. The van der Waals surface area contributed by atoms with Gasteiger partial charge in [0.15, 0.2) is 11.5 Å². The van der Waals surface area contributed by atoms with E-state index in [1.54, 1.807) is 4.90 Å². The van der Waals surface area contributed by atoms with E-state index < -0.39 is 11.9 Å². The first-order valence-electron chi connectivity index (χ1n) is 6.26. The van der Waals surface area contributed by atoms with Gasteiger partial charge in [-0.15, -0.1) is 21.8 Å². The Morgan fingerprint density at radius 2 is 1.71 bits per heavy atom. The highest BCUT2D eigenvalue weighted by molar-refractivity contribution is 6.18. The Morgan fingerprint density at radius 1 is 1.00 bits per heavy atom. The lowest BCUT2D eigenvalue weighted by atomic mass is 10.2. The van der Waals surface area contributed by atoms with Gasteiger partial charge in [0.2, 0.25) is 0 Å². The van der Waals surface area contributed by atoms with Gasteiger partial charge in [0.1, 0.15) is 0 Å². The molecule has 0 spiro atoms. The molecule has 1 heterocycles. The summed E-state index contributed by atoms with van der Waals surface area (Å²) in [6.45, 7) is 0.976. The second-order valence-corrected chi connectivity index (χ2v) is 4.75. The maximum atomic E-state index is 12.5. The summed E-state index contributed by atoms with van der Waals surface area (Å²) >= 11 is 5.75. The molecule has 1 aromatic carbocycles. The van der Waals surface area contributed by atoms with E-state index in [9.17, 15) is 13.2 Å². The van der Waals surface area contributed by atoms with E-state index in [4.69, 9.17) is 11.6 Å². The zero-order valence-electron chi connectivity index (χ0n) is 11.0. The molecule has 0 aliphatic heterocycles. The van der Waals surface area contributed by atoms with Gasteiger partial charge in [-0.3, -0.25) is 0 Å². The molecule has 0 saturated carbocycles. The zero-order valence-corrected chi connectivity index (χ0v) is 11.8. The van der Waals surface area contributed by atoms with Gasteiger partial charge in [0.05, 0.1) is 0 Å². The average molecular weight is 316 g/mol. The molecule has 112 valence electrons. The molecule has 0 aliphatic rings. The highest BCUT2D eigenvalue weighted by Crippen LogP contribution is 2.27. The van der Waals surface area contributed by atoms with Crippen molar-refractivity contribution >= 4 is 17.4 Å². The molecule has 0 atom stereocenters. The van der Waals surface area contributed by atoms with Crippen molar-refractivity contribution in [2.45, 2.75) is 12.7 Å². The van der Waals surface area contributed by atoms with Crippen LogP contribution in [0.5, 0.6) is 0 Å². The van der Waals surface area contributed by atoms with Crippen molar-refractivity contribution in [3.05, 3.63) is 53.7 Å². The maximum Gasteiger partial charge on any atom is 0.435 e. The molecule has 3 nitrogen and oxygen atoms in total. The Hall–Kier alpha value is -1.82. The molecule has 0 saturated heterocycles. The minimum atomic E-state index is -4.48. The number of hydrogen-bond donors (Lipinski definition) is 0. The van der Waals surface area contributed by atoms with E-state index >= 15 is 0 Å². The summed E-state index contributed by atoms with van der Waals surface area (Å²) < 4.78 is 37.4. The van der Waals surface area contributed by atoms with E-state index in [0.717, 1.165) is 11.6 Å². The average Bonchev–Trinajstić information content (AvgIpc) is 2.47. The van der Waals surface area contributed by atoms with Crippen molar-refractivity contribution in [1.29, 1.82) is 0 Å². The van der Waals surface area contributed by atoms with Crippen LogP contribution in [0.15, 0.2) is 42.5 Å². The first-order chi connectivity index (χ1) is 10.0. The van der Waals surface area contributed by atoms with Crippen LogP contribution in [0.1, 0.15) is 11.3 Å². The van der Waals surface area contributed by atoms with E-state index in [0.29, 0.717) is 24.8 Å². The van der Waals surface area contributed by atoms with Crippen molar-refractivity contribution in [2.75, 3.05) is 17.3 Å². The summed E-state index contributed by atoms with van der Waals surface area (Å²) in [6, 6.07) is 11.8. The maximum absolute atomic E-state index is 12.5. The predicted molar refractivity (Wildman–Crippen MR) is 75.2 cm³/mol. The summed E-state index contributed by atoms with van der Waals surface area (Å²) in [5, 5.41) is 6.89.